The molecular formula is C21H18N2O4S2. The van der Waals surface area contributed by atoms with E-state index < -0.39 is 6.10 Å². The molecule has 3 heterocycles. The highest BCUT2D eigenvalue weighted by Gasteiger charge is 2.25. The lowest BCUT2D eigenvalue weighted by Crippen LogP contribution is -2.17. The van der Waals surface area contributed by atoms with Crippen LogP contribution in [0.5, 0.6) is 0 Å². The van der Waals surface area contributed by atoms with Gasteiger partial charge in [-0.05, 0) is 61.9 Å². The van der Waals surface area contributed by atoms with Crippen molar-refractivity contribution in [2.24, 2.45) is 0 Å². The summed E-state index contributed by atoms with van der Waals surface area (Å²) in [6.07, 6.45) is 2.12. The fraction of sp³-hybridized carbons (Fsp3) is 0.190. The van der Waals surface area contributed by atoms with E-state index in [0.717, 1.165) is 38.5 Å². The highest BCUT2D eigenvalue weighted by Crippen LogP contribution is 2.32. The molecule has 1 unspecified atom stereocenters. The van der Waals surface area contributed by atoms with Gasteiger partial charge in [-0.2, -0.15) is 0 Å². The van der Waals surface area contributed by atoms with Crippen molar-refractivity contribution in [3.63, 3.8) is 0 Å². The minimum absolute atomic E-state index is 0.365. The molecule has 8 heteroatoms. The Morgan fingerprint density at radius 1 is 1.21 bits per heavy atom. The Morgan fingerprint density at radius 3 is 2.72 bits per heavy atom. The molecule has 1 saturated heterocycles. The zero-order valence-electron chi connectivity index (χ0n) is 15.5. The number of nitrogens with one attached hydrogen (secondary N) is 1. The number of nitrogens with zero attached hydrogens (tertiary/aromatic N) is 1. The highest BCUT2D eigenvalue weighted by molar-refractivity contribution is 8.18. The maximum atomic E-state index is 11.6. The predicted molar refractivity (Wildman–Crippen MR) is 113 cm³/mol. The molecule has 3 aromatic rings. The molecular weight excluding hydrogens is 408 g/mol. The van der Waals surface area contributed by atoms with Crippen molar-refractivity contribution in [1.82, 2.24) is 10.3 Å². The zero-order valence-corrected chi connectivity index (χ0v) is 17.2. The molecule has 148 valence electrons. The quantitative estimate of drug-likeness (QED) is 0.555. The minimum atomic E-state index is -0.643. The number of hydrogen-bond acceptors (Lipinski definition) is 7. The van der Waals surface area contributed by atoms with Crippen LogP contribution in [-0.2, 0) is 11.2 Å². The van der Waals surface area contributed by atoms with Gasteiger partial charge in [-0.3, -0.25) is 14.9 Å². The molecule has 29 heavy (non-hydrogen) atoms. The summed E-state index contributed by atoms with van der Waals surface area (Å²) in [4.78, 5) is 29.4. The number of thioether (sulfide) groups is 1. The van der Waals surface area contributed by atoms with Crippen LogP contribution in [-0.4, -0.2) is 21.2 Å². The molecule has 1 aliphatic heterocycles. The molecule has 1 aromatic carbocycles. The normalized spacial score (nSPS) is 16.4. The Labute approximate surface area is 175 Å². The van der Waals surface area contributed by atoms with Crippen LogP contribution in [0.1, 0.15) is 33.7 Å². The Hall–Kier alpha value is -2.68. The van der Waals surface area contributed by atoms with Gasteiger partial charge >= 0.3 is 0 Å². The molecule has 0 saturated carbocycles. The average molecular weight is 427 g/mol. The maximum absolute atomic E-state index is 11.6. The Kier molecular flexibility index (Phi) is 5.66. The third-order valence-corrected chi connectivity index (χ3v) is 6.40. The van der Waals surface area contributed by atoms with E-state index in [-0.39, 0.29) is 11.1 Å². The standard InChI is InChI=1S/C21H18N2O4S2/c1-12-15(22-20(27-12)13-5-3-2-4-6-13)8-9-16(24)17-10-7-14(28-17)11-18-19(25)23-21(26)29-18/h2-7,10-11,16,24H,8-9H2,1H3,(H,23,25,26). The van der Waals surface area contributed by atoms with Gasteiger partial charge in [0.15, 0.2) is 0 Å². The molecule has 1 fully saturated rings. The summed E-state index contributed by atoms with van der Waals surface area (Å²) in [6, 6.07) is 13.4. The number of carbonyl (C=O) groups excluding carboxylic acids is 2. The first-order chi connectivity index (χ1) is 14.0. The second-order valence-electron chi connectivity index (χ2n) is 6.53. The van der Waals surface area contributed by atoms with Crippen LogP contribution in [0.2, 0.25) is 0 Å². The molecule has 2 N–H and O–H groups in total. The predicted octanol–water partition coefficient (Wildman–Crippen LogP) is 4.70. The Bertz CT molecular complexity index is 1090. The fourth-order valence-electron chi connectivity index (χ4n) is 2.96. The third-order valence-electron chi connectivity index (χ3n) is 4.46. The molecule has 0 aliphatic carbocycles. The Balaban J connectivity index is 1.41. The van der Waals surface area contributed by atoms with Crippen LogP contribution < -0.4 is 5.32 Å². The highest BCUT2D eigenvalue weighted by atomic mass is 32.2. The summed E-state index contributed by atoms with van der Waals surface area (Å²) in [5.41, 5.74) is 1.75. The van der Waals surface area contributed by atoms with E-state index in [1.807, 2.05) is 49.4 Å². The molecule has 0 radical (unpaired) electrons. The lowest BCUT2D eigenvalue weighted by Gasteiger charge is -2.06. The van der Waals surface area contributed by atoms with Gasteiger partial charge in [0.1, 0.15) is 5.76 Å². The monoisotopic (exact) mass is 426 g/mol. The van der Waals surface area contributed by atoms with E-state index in [0.29, 0.717) is 23.6 Å². The molecule has 6 nitrogen and oxygen atoms in total. The van der Waals surface area contributed by atoms with Crippen molar-refractivity contribution >= 4 is 40.3 Å². The molecule has 0 bridgehead atoms. The third kappa shape index (κ3) is 4.50. The largest absolute Gasteiger partial charge is 0.441 e. The summed E-state index contributed by atoms with van der Waals surface area (Å²) in [5.74, 6) is 0.951. The first-order valence-electron chi connectivity index (χ1n) is 9.04. The number of oxazole rings is 1. The summed E-state index contributed by atoms with van der Waals surface area (Å²) in [6.45, 7) is 1.88. The van der Waals surface area contributed by atoms with Gasteiger partial charge in [0.25, 0.3) is 11.1 Å². The summed E-state index contributed by atoms with van der Waals surface area (Å²) in [7, 11) is 0. The maximum Gasteiger partial charge on any atom is 0.290 e. The van der Waals surface area contributed by atoms with E-state index in [4.69, 9.17) is 4.42 Å². The van der Waals surface area contributed by atoms with Crippen molar-refractivity contribution < 1.29 is 19.1 Å². The number of aliphatic hydroxyl groups is 1. The molecule has 0 spiro atoms. The van der Waals surface area contributed by atoms with E-state index in [1.165, 1.54) is 11.3 Å². The van der Waals surface area contributed by atoms with Gasteiger partial charge in [0, 0.05) is 15.3 Å². The number of thiophene rings is 1. The van der Waals surface area contributed by atoms with Crippen molar-refractivity contribution in [2.75, 3.05) is 0 Å². The number of benzene rings is 1. The first-order valence-corrected chi connectivity index (χ1v) is 10.7. The molecule has 2 amide bonds. The number of aromatic nitrogens is 1. The number of rotatable bonds is 6. The van der Waals surface area contributed by atoms with Gasteiger partial charge < -0.3 is 9.52 Å². The topological polar surface area (TPSA) is 92.4 Å². The second kappa shape index (κ2) is 8.36. The fourth-order valence-corrected chi connectivity index (χ4v) is 4.68. The number of carbonyl (C=O) groups is 2. The first kappa shape index (κ1) is 19.6. The SMILES string of the molecule is Cc1oc(-c2ccccc2)nc1CCC(O)c1ccc(C=C2SC(=O)NC2=O)s1. The Morgan fingerprint density at radius 2 is 2.00 bits per heavy atom. The van der Waals surface area contributed by atoms with E-state index in [9.17, 15) is 14.7 Å². The molecule has 1 atom stereocenters. The van der Waals surface area contributed by atoms with Gasteiger partial charge in [0.2, 0.25) is 5.89 Å². The molecule has 2 aromatic heterocycles. The zero-order chi connectivity index (χ0) is 20.4. The smallest absolute Gasteiger partial charge is 0.290 e. The van der Waals surface area contributed by atoms with E-state index in [2.05, 4.69) is 10.3 Å². The van der Waals surface area contributed by atoms with Crippen molar-refractivity contribution in [3.05, 3.63) is 68.6 Å². The number of aliphatic hydroxyl groups excluding tert-OH is 1. The van der Waals surface area contributed by atoms with Crippen molar-refractivity contribution in [3.8, 4) is 11.5 Å². The number of hydrogen-bond donors (Lipinski definition) is 2. The molecule has 4 rings (SSSR count). The lowest BCUT2D eigenvalue weighted by atomic mass is 10.1. The van der Waals surface area contributed by atoms with Gasteiger partial charge in [0.05, 0.1) is 16.7 Å². The van der Waals surface area contributed by atoms with Gasteiger partial charge in [-0.1, -0.05) is 18.2 Å². The average Bonchev–Trinajstić information content (AvgIpc) is 3.40. The van der Waals surface area contributed by atoms with Crippen LogP contribution in [0.15, 0.2) is 51.8 Å². The van der Waals surface area contributed by atoms with Gasteiger partial charge in [-0.25, -0.2) is 4.98 Å². The van der Waals surface area contributed by atoms with Crippen molar-refractivity contribution in [2.45, 2.75) is 25.9 Å². The van der Waals surface area contributed by atoms with Gasteiger partial charge in [-0.15, -0.1) is 11.3 Å². The minimum Gasteiger partial charge on any atom is -0.441 e. The van der Waals surface area contributed by atoms with Crippen LogP contribution in [0.3, 0.4) is 0 Å². The second-order valence-corrected chi connectivity index (χ2v) is 8.70. The number of imide groups is 1. The number of aryl methyl sites for hydroxylation is 2. The summed E-state index contributed by atoms with van der Waals surface area (Å²) in [5, 5.41) is 12.4. The van der Waals surface area contributed by atoms with E-state index in [1.54, 1.807) is 6.08 Å². The van der Waals surface area contributed by atoms with Crippen LogP contribution in [0.4, 0.5) is 4.79 Å². The summed E-state index contributed by atoms with van der Waals surface area (Å²) >= 11 is 2.28. The number of amides is 2. The lowest BCUT2D eigenvalue weighted by molar-refractivity contribution is -0.115. The van der Waals surface area contributed by atoms with E-state index >= 15 is 0 Å². The van der Waals surface area contributed by atoms with Crippen LogP contribution in [0, 0.1) is 6.92 Å². The van der Waals surface area contributed by atoms with Crippen molar-refractivity contribution in [1.29, 1.82) is 0 Å². The van der Waals surface area contributed by atoms with Crippen LogP contribution in [0.25, 0.3) is 17.5 Å². The van der Waals surface area contributed by atoms with Crippen LogP contribution >= 0.6 is 23.1 Å². The summed E-state index contributed by atoms with van der Waals surface area (Å²) < 4.78 is 5.77. The molecule has 1 aliphatic rings.